The predicted octanol–water partition coefficient (Wildman–Crippen LogP) is 1.44. The molecule has 0 N–H and O–H groups in total. The van der Waals surface area contributed by atoms with Gasteiger partial charge in [-0.2, -0.15) is 4.98 Å². The van der Waals surface area contributed by atoms with E-state index in [2.05, 4.69) is 10.1 Å². The Hall–Kier alpha value is -1.79. The molecule has 0 atom stereocenters. The van der Waals surface area contributed by atoms with Gasteiger partial charge in [0.05, 0.1) is 0 Å². The third-order valence-electron chi connectivity index (χ3n) is 2.73. The van der Waals surface area contributed by atoms with E-state index in [-0.39, 0.29) is 6.09 Å². The number of rotatable bonds is 1. The van der Waals surface area contributed by atoms with Crippen LogP contribution in [0.4, 0.5) is 10.7 Å². The van der Waals surface area contributed by atoms with Crippen LogP contribution >= 0.6 is 0 Å². The van der Waals surface area contributed by atoms with Crippen LogP contribution in [0.5, 0.6) is 0 Å². The monoisotopic (exact) mass is 268 g/mol. The lowest BCUT2D eigenvalue weighted by Gasteiger charge is -2.34. The quantitative estimate of drug-likeness (QED) is 0.767. The van der Waals surface area contributed by atoms with E-state index in [9.17, 15) is 4.79 Å². The number of hydrogen-bond donors (Lipinski definition) is 0. The lowest BCUT2D eigenvalue weighted by molar-refractivity contribution is 0.0240. The first-order chi connectivity index (χ1) is 8.85. The molecule has 2 rings (SSSR count). The molecule has 0 unspecified atom stereocenters. The van der Waals surface area contributed by atoms with Crippen molar-refractivity contribution in [2.24, 2.45) is 0 Å². The molecular formula is C12H20N4O3. The van der Waals surface area contributed by atoms with E-state index in [1.807, 2.05) is 25.7 Å². The zero-order chi connectivity index (χ0) is 14.0. The second-order valence-electron chi connectivity index (χ2n) is 5.57. The van der Waals surface area contributed by atoms with Gasteiger partial charge in [0.15, 0.2) is 0 Å². The number of carbonyl (C=O) groups excluding carboxylic acids is 1. The number of aromatic nitrogens is 2. The summed E-state index contributed by atoms with van der Waals surface area (Å²) in [7, 11) is 0. The van der Waals surface area contributed by atoms with Crippen LogP contribution in [0.2, 0.25) is 0 Å². The van der Waals surface area contributed by atoms with E-state index < -0.39 is 5.60 Å². The molecule has 0 bridgehead atoms. The summed E-state index contributed by atoms with van der Waals surface area (Å²) in [6.07, 6.45) is -0.267. The van der Waals surface area contributed by atoms with Crippen molar-refractivity contribution in [1.29, 1.82) is 0 Å². The maximum atomic E-state index is 11.9. The van der Waals surface area contributed by atoms with Crippen LogP contribution in [0.3, 0.4) is 0 Å². The Balaban J connectivity index is 1.87. The Morgan fingerprint density at radius 1 is 1.26 bits per heavy atom. The van der Waals surface area contributed by atoms with Crippen molar-refractivity contribution >= 4 is 12.0 Å². The van der Waals surface area contributed by atoms with Crippen molar-refractivity contribution in [2.45, 2.75) is 33.3 Å². The van der Waals surface area contributed by atoms with E-state index >= 15 is 0 Å². The average molecular weight is 268 g/mol. The van der Waals surface area contributed by atoms with Crippen molar-refractivity contribution in [3.8, 4) is 0 Å². The van der Waals surface area contributed by atoms with Crippen LogP contribution < -0.4 is 4.90 Å². The molecular weight excluding hydrogens is 248 g/mol. The first-order valence-electron chi connectivity index (χ1n) is 6.38. The fourth-order valence-corrected chi connectivity index (χ4v) is 1.83. The zero-order valence-electron chi connectivity index (χ0n) is 11.8. The smallest absolute Gasteiger partial charge is 0.410 e. The molecule has 7 heteroatoms. The largest absolute Gasteiger partial charge is 0.444 e. The number of hydrogen-bond acceptors (Lipinski definition) is 6. The summed E-state index contributed by atoms with van der Waals surface area (Å²) >= 11 is 0. The van der Waals surface area contributed by atoms with Crippen LogP contribution in [-0.4, -0.2) is 52.9 Å². The van der Waals surface area contributed by atoms with Gasteiger partial charge in [-0.15, -0.1) is 0 Å². The van der Waals surface area contributed by atoms with Crippen molar-refractivity contribution in [2.75, 3.05) is 31.1 Å². The van der Waals surface area contributed by atoms with E-state index in [0.717, 1.165) is 0 Å². The molecule has 0 aliphatic carbocycles. The van der Waals surface area contributed by atoms with Crippen molar-refractivity contribution in [3.05, 3.63) is 5.89 Å². The molecule has 0 radical (unpaired) electrons. The molecule has 106 valence electrons. The van der Waals surface area contributed by atoms with Gasteiger partial charge in [0.1, 0.15) is 5.60 Å². The minimum Gasteiger partial charge on any atom is -0.444 e. The van der Waals surface area contributed by atoms with Crippen LogP contribution in [0.15, 0.2) is 4.52 Å². The van der Waals surface area contributed by atoms with Crippen molar-refractivity contribution < 1.29 is 14.1 Å². The molecule has 1 aromatic rings. The first kappa shape index (κ1) is 13.6. The van der Waals surface area contributed by atoms with Crippen molar-refractivity contribution in [3.63, 3.8) is 0 Å². The van der Waals surface area contributed by atoms with Crippen LogP contribution in [-0.2, 0) is 4.74 Å². The van der Waals surface area contributed by atoms with Gasteiger partial charge in [0, 0.05) is 33.1 Å². The molecule has 1 amide bonds. The third-order valence-corrected chi connectivity index (χ3v) is 2.73. The maximum absolute atomic E-state index is 11.9. The number of nitrogens with zero attached hydrogens (tertiary/aromatic N) is 4. The van der Waals surface area contributed by atoms with Gasteiger partial charge in [-0.25, -0.2) is 4.79 Å². The Kier molecular flexibility index (Phi) is 3.64. The number of amides is 1. The summed E-state index contributed by atoms with van der Waals surface area (Å²) < 4.78 is 10.3. The summed E-state index contributed by atoms with van der Waals surface area (Å²) in [5.41, 5.74) is -0.459. The molecule has 0 spiro atoms. The van der Waals surface area contributed by atoms with E-state index in [0.29, 0.717) is 38.0 Å². The van der Waals surface area contributed by atoms with E-state index in [1.165, 1.54) is 0 Å². The summed E-state index contributed by atoms with van der Waals surface area (Å²) in [6.45, 7) is 9.91. The van der Waals surface area contributed by atoms with Crippen molar-refractivity contribution in [1.82, 2.24) is 15.0 Å². The fourth-order valence-electron chi connectivity index (χ4n) is 1.83. The molecule has 7 nitrogen and oxygen atoms in total. The summed E-state index contributed by atoms with van der Waals surface area (Å²) in [6, 6.07) is 0. The van der Waals surface area contributed by atoms with Crippen LogP contribution in [0.25, 0.3) is 0 Å². The zero-order valence-corrected chi connectivity index (χ0v) is 11.8. The number of piperazine rings is 1. The standard InChI is InChI=1S/C12H20N4O3/c1-9-13-10(14-19-9)15-5-7-16(8-6-15)11(17)18-12(2,3)4/h5-8H2,1-4H3. The van der Waals surface area contributed by atoms with Gasteiger partial charge in [0.25, 0.3) is 5.95 Å². The Morgan fingerprint density at radius 2 is 1.89 bits per heavy atom. The highest BCUT2D eigenvalue weighted by atomic mass is 16.6. The molecule has 1 saturated heterocycles. The summed E-state index contributed by atoms with van der Waals surface area (Å²) in [4.78, 5) is 19.8. The van der Waals surface area contributed by atoms with E-state index in [1.54, 1.807) is 11.8 Å². The van der Waals surface area contributed by atoms with Gasteiger partial charge < -0.3 is 19.1 Å². The predicted molar refractivity (Wildman–Crippen MR) is 69.1 cm³/mol. The minimum atomic E-state index is -0.459. The average Bonchev–Trinajstić information content (AvgIpc) is 2.74. The Bertz CT molecular complexity index is 444. The third kappa shape index (κ3) is 3.59. The van der Waals surface area contributed by atoms with Crippen LogP contribution in [0, 0.1) is 6.92 Å². The fraction of sp³-hybridized carbons (Fsp3) is 0.750. The number of anilines is 1. The highest BCUT2D eigenvalue weighted by Gasteiger charge is 2.27. The normalized spacial score (nSPS) is 16.6. The molecule has 1 fully saturated rings. The number of aryl methyl sites for hydroxylation is 1. The molecule has 19 heavy (non-hydrogen) atoms. The molecule has 2 heterocycles. The lowest BCUT2D eigenvalue weighted by Crippen LogP contribution is -2.50. The first-order valence-corrected chi connectivity index (χ1v) is 6.38. The topological polar surface area (TPSA) is 71.7 Å². The molecule has 0 aromatic carbocycles. The SMILES string of the molecule is Cc1nc(N2CCN(C(=O)OC(C)(C)C)CC2)no1. The lowest BCUT2D eigenvalue weighted by atomic mass is 10.2. The molecule has 1 aliphatic rings. The second-order valence-corrected chi connectivity index (χ2v) is 5.57. The van der Waals surface area contributed by atoms with Gasteiger partial charge in [0.2, 0.25) is 5.89 Å². The van der Waals surface area contributed by atoms with E-state index in [4.69, 9.17) is 9.26 Å². The highest BCUT2D eigenvalue weighted by molar-refractivity contribution is 5.68. The molecule has 1 aliphatic heterocycles. The number of carbonyl (C=O) groups is 1. The molecule has 0 saturated carbocycles. The summed E-state index contributed by atoms with van der Waals surface area (Å²) in [5, 5.41) is 3.87. The van der Waals surface area contributed by atoms with Crippen LogP contribution in [0.1, 0.15) is 26.7 Å². The second kappa shape index (κ2) is 5.07. The Labute approximate surface area is 112 Å². The van der Waals surface area contributed by atoms with Gasteiger partial charge in [-0.05, 0) is 25.9 Å². The van der Waals surface area contributed by atoms with Gasteiger partial charge >= 0.3 is 6.09 Å². The molecule has 1 aromatic heterocycles. The maximum Gasteiger partial charge on any atom is 0.410 e. The summed E-state index contributed by atoms with van der Waals surface area (Å²) in [5.74, 6) is 1.13. The Morgan fingerprint density at radius 3 is 2.37 bits per heavy atom. The highest BCUT2D eigenvalue weighted by Crippen LogP contribution is 2.15. The number of ether oxygens (including phenoxy) is 1. The van der Waals surface area contributed by atoms with Gasteiger partial charge in [-0.3, -0.25) is 0 Å². The van der Waals surface area contributed by atoms with Gasteiger partial charge in [-0.1, -0.05) is 0 Å². The minimum absolute atomic E-state index is 0.267.